The van der Waals surface area contributed by atoms with Crippen molar-refractivity contribution in [2.75, 3.05) is 13.1 Å². The van der Waals surface area contributed by atoms with E-state index in [-0.39, 0.29) is 18.1 Å². The Hall–Kier alpha value is -2.37. The molecule has 0 spiro atoms. The van der Waals surface area contributed by atoms with Crippen LogP contribution in [0.3, 0.4) is 0 Å². The Kier molecular flexibility index (Phi) is 5.41. The summed E-state index contributed by atoms with van der Waals surface area (Å²) in [5, 5.41) is 16.4. The number of amides is 2. The minimum absolute atomic E-state index is 0.135. The molecule has 0 radical (unpaired) electrons. The van der Waals surface area contributed by atoms with Crippen molar-refractivity contribution in [1.29, 1.82) is 0 Å². The van der Waals surface area contributed by atoms with Gasteiger partial charge in [-0.1, -0.05) is 54.6 Å². The highest BCUT2D eigenvalue weighted by Crippen LogP contribution is 2.31. The number of likely N-dealkylation sites (tertiary alicyclic amines) is 1. The van der Waals surface area contributed by atoms with E-state index in [1.54, 1.807) is 0 Å². The average molecular weight is 365 g/mol. The largest absolute Gasteiger partial charge is 0.390 e. The van der Waals surface area contributed by atoms with Gasteiger partial charge in [0.05, 0.1) is 12.1 Å². The fraction of sp³-hybridized carbons (Fsp3) is 0.409. The van der Waals surface area contributed by atoms with Crippen LogP contribution in [0.4, 0.5) is 4.79 Å². The molecule has 2 aromatic rings. The van der Waals surface area contributed by atoms with Crippen LogP contribution >= 0.6 is 0 Å². The molecule has 4 rings (SSSR count). The van der Waals surface area contributed by atoms with Crippen LogP contribution in [0.25, 0.3) is 0 Å². The number of carbonyl (C=O) groups is 1. The molecule has 3 atom stereocenters. The molecule has 0 aromatic heterocycles. The summed E-state index contributed by atoms with van der Waals surface area (Å²) in [6.45, 7) is 2.82. The molecule has 1 aliphatic heterocycles. The van der Waals surface area contributed by atoms with Crippen LogP contribution in [-0.4, -0.2) is 41.3 Å². The van der Waals surface area contributed by atoms with Crippen LogP contribution in [0.2, 0.25) is 0 Å². The van der Waals surface area contributed by atoms with Crippen LogP contribution in [0.5, 0.6) is 0 Å². The van der Waals surface area contributed by atoms with Crippen molar-refractivity contribution in [3.63, 3.8) is 0 Å². The number of hydrogen-bond acceptors (Lipinski definition) is 3. The monoisotopic (exact) mass is 365 g/mol. The van der Waals surface area contributed by atoms with E-state index in [9.17, 15) is 9.90 Å². The second kappa shape index (κ2) is 8.11. The Balaban J connectivity index is 1.32. The molecule has 5 nitrogen and oxygen atoms in total. The van der Waals surface area contributed by atoms with E-state index >= 15 is 0 Å². The first-order valence-corrected chi connectivity index (χ1v) is 9.78. The predicted octanol–water partition coefficient (Wildman–Crippen LogP) is 2.61. The summed E-state index contributed by atoms with van der Waals surface area (Å²) in [5.74, 6) is 0. The Morgan fingerprint density at radius 1 is 1.07 bits per heavy atom. The van der Waals surface area contributed by atoms with E-state index in [0.717, 1.165) is 43.6 Å². The lowest BCUT2D eigenvalue weighted by Crippen LogP contribution is -2.51. The van der Waals surface area contributed by atoms with Crippen molar-refractivity contribution < 1.29 is 9.90 Å². The van der Waals surface area contributed by atoms with E-state index in [0.29, 0.717) is 6.42 Å². The molecule has 2 aromatic carbocycles. The second-order valence-corrected chi connectivity index (χ2v) is 7.63. The Morgan fingerprint density at radius 3 is 2.70 bits per heavy atom. The first-order valence-electron chi connectivity index (χ1n) is 9.78. The van der Waals surface area contributed by atoms with Gasteiger partial charge in [0.15, 0.2) is 0 Å². The molecule has 5 heteroatoms. The summed E-state index contributed by atoms with van der Waals surface area (Å²) in [6, 6.07) is 18.0. The Labute approximate surface area is 160 Å². The van der Waals surface area contributed by atoms with Gasteiger partial charge in [-0.2, -0.15) is 0 Å². The zero-order valence-corrected chi connectivity index (χ0v) is 15.5. The number of hydrogen-bond donors (Lipinski definition) is 3. The van der Waals surface area contributed by atoms with Crippen molar-refractivity contribution in [2.45, 2.75) is 44.0 Å². The van der Waals surface area contributed by atoms with Gasteiger partial charge in [-0.3, -0.25) is 4.90 Å². The fourth-order valence-electron chi connectivity index (χ4n) is 4.27. The lowest BCUT2D eigenvalue weighted by Gasteiger charge is -2.33. The fourth-order valence-corrected chi connectivity index (χ4v) is 4.27. The number of fused-ring (bicyclic) bond motifs is 1. The maximum atomic E-state index is 12.5. The normalized spacial score (nSPS) is 25.0. The van der Waals surface area contributed by atoms with Gasteiger partial charge in [0.1, 0.15) is 0 Å². The molecule has 2 aliphatic rings. The van der Waals surface area contributed by atoms with Gasteiger partial charge < -0.3 is 15.7 Å². The lowest BCUT2D eigenvalue weighted by atomic mass is 10.0. The topological polar surface area (TPSA) is 64.6 Å². The molecule has 3 N–H and O–H groups in total. The standard InChI is InChI=1S/C22H27N3O2/c26-20-13-17-9-4-5-11-19(17)21(20)24-22(27)23-18-10-6-12-25(15-18)14-16-7-2-1-3-8-16/h1-5,7-9,11,18,20-21,26H,6,10,12-15H2,(H2,23,24,27)/t18?,20-,21-/m0/s1. The number of benzene rings is 2. The summed E-state index contributed by atoms with van der Waals surface area (Å²) in [6.07, 6.45) is 2.10. The maximum absolute atomic E-state index is 12.5. The molecule has 0 bridgehead atoms. The summed E-state index contributed by atoms with van der Waals surface area (Å²) in [4.78, 5) is 14.9. The Bertz CT molecular complexity index is 780. The van der Waals surface area contributed by atoms with Crippen molar-refractivity contribution in [2.24, 2.45) is 0 Å². The Morgan fingerprint density at radius 2 is 1.85 bits per heavy atom. The number of aliphatic hydroxyl groups is 1. The zero-order valence-electron chi connectivity index (χ0n) is 15.5. The van der Waals surface area contributed by atoms with Crippen LogP contribution in [0.1, 0.15) is 35.6 Å². The average Bonchev–Trinajstić information content (AvgIpc) is 2.98. The third kappa shape index (κ3) is 4.31. The first-order chi connectivity index (χ1) is 13.2. The van der Waals surface area contributed by atoms with Gasteiger partial charge in [0.25, 0.3) is 0 Å². The van der Waals surface area contributed by atoms with Gasteiger partial charge in [0.2, 0.25) is 0 Å². The van der Waals surface area contributed by atoms with Crippen molar-refractivity contribution >= 4 is 6.03 Å². The van der Waals surface area contributed by atoms with Crippen LogP contribution in [-0.2, 0) is 13.0 Å². The minimum atomic E-state index is -0.561. The zero-order chi connectivity index (χ0) is 18.6. The van der Waals surface area contributed by atoms with E-state index < -0.39 is 6.10 Å². The van der Waals surface area contributed by atoms with Crippen molar-refractivity contribution in [3.05, 3.63) is 71.3 Å². The summed E-state index contributed by atoms with van der Waals surface area (Å²) in [7, 11) is 0. The summed E-state index contributed by atoms with van der Waals surface area (Å²) < 4.78 is 0. The van der Waals surface area contributed by atoms with E-state index in [2.05, 4.69) is 39.8 Å². The van der Waals surface area contributed by atoms with Gasteiger partial charge in [-0.15, -0.1) is 0 Å². The molecule has 1 aliphatic carbocycles. The van der Waals surface area contributed by atoms with Crippen LogP contribution in [0.15, 0.2) is 54.6 Å². The number of aliphatic hydroxyl groups excluding tert-OH is 1. The second-order valence-electron chi connectivity index (χ2n) is 7.63. The SMILES string of the molecule is O=C(NC1CCCN(Cc2ccccc2)C1)N[C@H]1c2ccccc2C[C@@H]1O. The lowest BCUT2D eigenvalue weighted by molar-refractivity contribution is 0.139. The maximum Gasteiger partial charge on any atom is 0.315 e. The van der Waals surface area contributed by atoms with Gasteiger partial charge in [0, 0.05) is 25.6 Å². The molecule has 0 saturated carbocycles. The molecule has 142 valence electrons. The molecule has 2 amide bonds. The molecular weight excluding hydrogens is 338 g/mol. The molecular formula is C22H27N3O2. The van der Waals surface area contributed by atoms with E-state index in [1.807, 2.05) is 30.3 Å². The number of urea groups is 1. The number of rotatable bonds is 4. The van der Waals surface area contributed by atoms with Gasteiger partial charge >= 0.3 is 6.03 Å². The molecule has 1 saturated heterocycles. The van der Waals surface area contributed by atoms with E-state index in [1.165, 1.54) is 5.56 Å². The van der Waals surface area contributed by atoms with Gasteiger partial charge in [-0.25, -0.2) is 4.79 Å². The molecule has 27 heavy (non-hydrogen) atoms. The molecule has 1 heterocycles. The third-order valence-corrected chi connectivity index (χ3v) is 5.58. The predicted molar refractivity (Wildman–Crippen MR) is 105 cm³/mol. The number of carbonyl (C=O) groups excluding carboxylic acids is 1. The van der Waals surface area contributed by atoms with Gasteiger partial charge in [-0.05, 0) is 36.1 Å². The van der Waals surface area contributed by atoms with Crippen LogP contribution < -0.4 is 10.6 Å². The highest BCUT2D eigenvalue weighted by Gasteiger charge is 2.32. The highest BCUT2D eigenvalue weighted by atomic mass is 16.3. The molecule has 1 unspecified atom stereocenters. The third-order valence-electron chi connectivity index (χ3n) is 5.58. The quantitative estimate of drug-likeness (QED) is 0.780. The van der Waals surface area contributed by atoms with Crippen molar-refractivity contribution in [3.8, 4) is 0 Å². The molecule has 1 fully saturated rings. The highest BCUT2D eigenvalue weighted by molar-refractivity contribution is 5.75. The smallest absolute Gasteiger partial charge is 0.315 e. The number of nitrogens with zero attached hydrogens (tertiary/aromatic N) is 1. The first kappa shape index (κ1) is 18.0. The van der Waals surface area contributed by atoms with Crippen molar-refractivity contribution in [1.82, 2.24) is 15.5 Å². The van der Waals surface area contributed by atoms with Crippen LogP contribution in [0, 0.1) is 0 Å². The van der Waals surface area contributed by atoms with E-state index in [4.69, 9.17) is 0 Å². The number of nitrogens with one attached hydrogen (secondary N) is 2. The number of piperidine rings is 1. The summed E-state index contributed by atoms with van der Waals surface area (Å²) >= 11 is 0. The summed E-state index contributed by atoms with van der Waals surface area (Å²) in [5.41, 5.74) is 3.43. The minimum Gasteiger partial charge on any atom is -0.390 e.